The first-order chi connectivity index (χ1) is 13.3. The van der Waals surface area contributed by atoms with Gasteiger partial charge in [0, 0.05) is 22.8 Å². The second kappa shape index (κ2) is 22.9. The highest BCUT2D eigenvalue weighted by Gasteiger charge is 2.00. The van der Waals surface area contributed by atoms with E-state index >= 15 is 0 Å². The number of carboxylic acid groups (broad SMARTS) is 2. The Labute approximate surface area is 173 Å². The minimum atomic E-state index is -0.935. The maximum Gasteiger partial charge on any atom is 0.332 e. The minimum Gasteiger partial charge on any atom is -0.478 e. The molecular formula is C21H34O8. The fraction of sp³-hybridized carbons (Fsp3) is 0.429. The quantitative estimate of drug-likeness (QED) is 0.452. The van der Waals surface area contributed by atoms with Gasteiger partial charge in [-0.15, -0.1) is 0 Å². The van der Waals surface area contributed by atoms with E-state index in [1.54, 1.807) is 13.8 Å². The van der Waals surface area contributed by atoms with E-state index in [9.17, 15) is 19.2 Å². The highest BCUT2D eigenvalue weighted by atomic mass is 16.5. The summed E-state index contributed by atoms with van der Waals surface area (Å²) in [4.78, 5) is 40.0. The maximum absolute atomic E-state index is 10.2. The molecule has 0 fully saturated rings. The molecule has 0 aliphatic rings. The number of carbonyl (C=O) groups is 4. The van der Waals surface area contributed by atoms with E-state index in [2.05, 4.69) is 35.8 Å². The van der Waals surface area contributed by atoms with E-state index in [1.807, 2.05) is 6.92 Å². The molecule has 2 N–H and O–H groups in total. The van der Waals surface area contributed by atoms with Crippen molar-refractivity contribution in [3.8, 4) is 0 Å². The zero-order chi connectivity index (χ0) is 24.0. The van der Waals surface area contributed by atoms with E-state index in [1.165, 1.54) is 14.0 Å². The number of unbranched alkanes of at least 4 members (excludes halogenated alkanes) is 1. The zero-order valence-electron chi connectivity index (χ0n) is 18.1. The molecule has 8 heteroatoms. The van der Waals surface area contributed by atoms with Crippen LogP contribution in [-0.4, -0.2) is 47.8 Å². The number of hydrogen-bond acceptors (Lipinski definition) is 6. The van der Waals surface area contributed by atoms with Crippen molar-refractivity contribution in [3.63, 3.8) is 0 Å². The van der Waals surface area contributed by atoms with Crippen molar-refractivity contribution in [2.24, 2.45) is 0 Å². The predicted octanol–water partition coefficient (Wildman–Crippen LogP) is 3.94. The van der Waals surface area contributed by atoms with Gasteiger partial charge in [-0.3, -0.25) is 0 Å². The molecule has 0 unspecified atom stereocenters. The first-order valence-electron chi connectivity index (χ1n) is 8.64. The molecule has 0 amide bonds. The van der Waals surface area contributed by atoms with Gasteiger partial charge in [0.2, 0.25) is 0 Å². The summed E-state index contributed by atoms with van der Waals surface area (Å²) in [6.07, 6.45) is 3.70. The van der Waals surface area contributed by atoms with Gasteiger partial charge in [0.05, 0.1) is 13.7 Å². The molecule has 0 saturated heterocycles. The monoisotopic (exact) mass is 414 g/mol. The molecule has 0 radical (unpaired) electrons. The summed E-state index contributed by atoms with van der Waals surface area (Å²) in [5.74, 6) is -2.51. The number of carbonyl (C=O) groups excluding carboxylic acids is 2. The molecule has 0 aliphatic heterocycles. The number of esters is 2. The SMILES string of the molecule is C=C(C)C(=O)O.C=C(C)C(=O)OC.C=C(CCCC)C(=O)O.C=CC(=O)OCC. The molecule has 0 spiro atoms. The van der Waals surface area contributed by atoms with Crippen molar-refractivity contribution in [2.75, 3.05) is 13.7 Å². The molecule has 0 atom stereocenters. The van der Waals surface area contributed by atoms with Crippen LogP contribution in [0.25, 0.3) is 0 Å². The van der Waals surface area contributed by atoms with Crippen molar-refractivity contribution in [3.05, 3.63) is 49.1 Å². The molecule has 0 aromatic carbocycles. The Morgan fingerprint density at radius 1 is 0.931 bits per heavy atom. The van der Waals surface area contributed by atoms with Gasteiger partial charge in [-0.2, -0.15) is 0 Å². The van der Waals surface area contributed by atoms with Crippen molar-refractivity contribution in [1.82, 2.24) is 0 Å². The van der Waals surface area contributed by atoms with Gasteiger partial charge in [0.1, 0.15) is 0 Å². The number of aliphatic carboxylic acids is 2. The molecule has 0 heterocycles. The summed E-state index contributed by atoms with van der Waals surface area (Å²) in [5.41, 5.74) is 0.925. The van der Waals surface area contributed by atoms with Crippen LogP contribution in [0, 0.1) is 0 Å². The van der Waals surface area contributed by atoms with Crippen LogP contribution in [0.2, 0.25) is 0 Å². The van der Waals surface area contributed by atoms with Gasteiger partial charge in [-0.25, -0.2) is 19.2 Å². The Morgan fingerprint density at radius 2 is 1.38 bits per heavy atom. The molecule has 0 aromatic heterocycles. The summed E-state index contributed by atoms with van der Waals surface area (Å²) in [6.45, 7) is 20.3. The Hall–Kier alpha value is -3.16. The van der Waals surface area contributed by atoms with Crippen molar-refractivity contribution in [2.45, 2.75) is 47.0 Å². The van der Waals surface area contributed by atoms with Crippen LogP contribution in [0.4, 0.5) is 0 Å². The van der Waals surface area contributed by atoms with E-state index in [4.69, 9.17) is 10.2 Å². The van der Waals surface area contributed by atoms with Crippen LogP contribution in [0.5, 0.6) is 0 Å². The molecule has 0 aromatic rings. The van der Waals surface area contributed by atoms with Crippen LogP contribution < -0.4 is 0 Å². The minimum absolute atomic E-state index is 0.176. The van der Waals surface area contributed by atoms with E-state index in [-0.39, 0.29) is 17.5 Å². The maximum atomic E-state index is 10.2. The summed E-state index contributed by atoms with van der Waals surface area (Å²) < 4.78 is 8.71. The lowest BCUT2D eigenvalue weighted by molar-refractivity contribution is -0.137. The number of carboxylic acids is 2. The Morgan fingerprint density at radius 3 is 1.52 bits per heavy atom. The van der Waals surface area contributed by atoms with Gasteiger partial charge < -0.3 is 19.7 Å². The van der Waals surface area contributed by atoms with Crippen LogP contribution in [0.1, 0.15) is 47.0 Å². The number of methoxy groups -OCH3 is 1. The predicted molar refractivity (Wildman–Crippen MR) is 112 cm³/mol. The van der Waals surface area contributed by atoms with Gasteiger partial charge in [-0.05, 0) is 33.6 Å². The third kappa shape index (κ3) is 32.9. The number of hydrogen-bond donors (Lipinski definition) is 2. The average molecular weight is 414 g/mol. The molecule has 166 valence electrons. The Bertz CT molecular complexity index is 559. The molecule has 0 saturated carbocycles. The average Bonchev–Trinajstić information content (AvgIpc) is 2.66. The lowest BCUT2D eigenvalue weighted by Crippen LogP contribution is -1.98. The van der Waals surface area contributed by atoms with Crippen molar-refractivity contribution < 1.29 is 38.9 Å². The molecule has 8 nitrogen and oxygen atoms in total. The summed E-state index contributed by atoms with van der Waals surface area (Å²) >= 11 is 0. The lowest BCUT2D eigenvalue weighted by Gasteiger charge is -1.95. The first kappa shape index (κ1) is 33.4. The first-order valence-corrected chi connectivity index (χ1v) is 8.64. The fourth-order valence-electron chi connectivity index (χ4n) is 0.873. The third-order valence-corrected chi connectivity index (χ3v) is 2.49. The molecular weight excluding hydrogens is 380 g/mol. The van der Waals surface area contributed by atoms with Crippen molar-refractivity contribution >= 4 is 23.9 Å². The van der Waals surface area contributed by atoms with Crippen LogP contribution in [0.15, 0.2) is 49.1 Å². The smallest absolute Gasteiger partial charge is 0.332 e. The van der Waals surface area contributed by atoms with Crippen molar-refractivity contribution in [1.29, 1.82) is 0 Å². The standard InChI is InChI=1S/C7H12O2.2C5H8O2.C4H6O2/c1-3-4-5-6(2)7(8)9;1-4(2)5(6)7-3;1-3-5(6)7-4-2;1-3(2)4(5)6/h2-5H2,1H3,(H,8,9);1H2,2-3H3;3H,1,4H2,2H3;1H2,2H3,(H,5,6). The van der Waals surface area contributed by atoms with E-state index in [0.717, 1.165) is 18.9 Å². The Kier molecular flexibility index (Phi) is 26.4. The molecule has 0 bridgehead atoms. The van der Waals surface area contributed by atoms with Crippen LogP contribution >= 0.6 is 0 Å². The second-order valence-electron chi connectivity index (χ2n) is 5.33. The van der Waals surface area contributed by atoms with Gasteiger partial charge in [-0.1, -0.05) is 39.7 Å². The summed E-state index contributed by atoms with van der Waals surface area (Å²) in [5, 5.41) is 16.2. The molecule has 0 rings (SSSR count). The number of ether oxygens (including phenoxy) is 2. The summed E-state index contributed by atoms with van der Waals surface area (Å²) in [6, 6.07) is 0. The molecule has 29 heavy (non-hydrogen) atoms. The van der Waals surface area contributed by atoms with Gasteiger partial charge in [0.15, 0.2) is 0 Å². The third-order valence-electron chi connectivity index (χ3n) is 2.49. The normalized spacial score (nSPS) is 8.03. The highest BCUT2D eigenvalue weighted by molar-refractivity contribution is 5.86. The van der Waals surface area contributed by atoms with Crippen LogP contribution in [-0.2, 0) is 28.7 Å². The van der Waals surface area contributed by atoms with Gasteiger partial charge in [0.25, 0.3) is 0 Å². The van der Waals surface area contributed by atoms with E-state index in [0.29, 0.717) is 24.2 Å². The summed E-state index contributed by atoms with van der Waals surface area (Å²) in [7, 11) is 1.33. The second-order valence-corrected chi connectivity index (χ2v) is 5.33. The Balaban J connectivity index is -0.000000145. The zero-order valence-corrected chi connectivity index (χ0v) is 18.1. The molecule has 0 aliphatic carbocycles. The van der Waals surface area contributed by atoms with Gasteiger partial charge >= 0.3 is 23.9 Å². The topological polar surface area (TPSA) is 127 Å². The van der Waals surface area contributed by atoms with Crippen LogP contribution in [0.3, 0.4) is 0 Å². The largest absolute Gasteiger partial charge is 0.478 e. The van der Waals surface area contributed by atoms with E-state index < -0.39 is 11.9 Å². The number of rotatable bonds is 8. The lowest BCUT2D eigenvalue weighted by atomic mass is 10.1. The highest BCUT2D eigenvalue weighted by Crippen LogP contribution is 2.03. The fourth-order valence-corrected chi connectivity index (χ4v) is 0.873.